The van der Waals surface area contributed by atoms with Crippen molar-refractivity contribution in [3.8, 4) is 0 Å². The Bertz CT molecular complexity index is 1010. The first-order valence-corrected chi connectivity index (χ1v) is 16.9. The fourth-order valence-corrected chi connectivity index (χ4v) is 13.8. The summed E-state index contributed by atoms with van der Waals surface area (Å²) in [6, 6.07) is 19.0. The number of hydrogen-bond acceptors (Lipinski definition) is 0. The Hall–Kier alpha value is -0.932. The molecule has 0 saturated carbocycles. The minimum atomic E-state index is -2.27. The number of allylic oxidation sites excluding steroid dienone is 4. The van der Waals surface area contributed by atoms with Crippen molar-refractivity contribution in [3.63, 3.8) is 0 Å². The summed E-state index contributed by atoms with van der Waals surface area (Å²) in [6.07, 6.45) is 4.04. The van der Waals surface area contributed by atoms with Gasteiger partial charge in [-0.3, -0.25) is 6.08 Å². The molecule has 0 saturated heterocycles. The van der Waals surface area contributed by atoms with Gasteiger partial charge in [-0.1, -0.05) is 129 Å². The van der Waals surface area contributed by atoms with Crippen molar-refractivity contribution in [1.29, 1.82) is 0 Å². The van der Waals surface area contributed by atoms with Crippen LogP contribution in [-0.2, 0) is 21.7 Å². The molecular formula is C30H45Si2Ti. The molecule has 2 aromatic carbocycles. The summed E-state index contributed by atoms with van der Waals surface area (Å²) in [7, 11) is -3.71. The van der Waals surface area contributed by atoms with Crippen LogP contribution in [0.4, 0.5) is 0 Å². The predicted molar refractivity (Wildman–Crippen MR) is 153 cm³/mol. The molecule has 1 aliphatic carbocycles. The fourth-order valence-electron chi connectivity index (χ4n) is 5.75. The molecule has 0 aromatic heterocycles. The maximum atomic E-state index is 4.04. The van der Waals surface area contributed by atoms with Crippen LogP contribution in [0.25, 0.3) is 0 Å². The van der Waals surface area contributed by atoms with Gasteiger partial charge in [-0.05, 0) is 12.5 Å². The second kappa shape index (κ2) is 11.2. The third kappa shape index (κ3) is 5.20. The first-order valence-electron chi connectivity index (χ1n) is 11.3. The Labute approximate surface area is 222 Å². The van der Waals surface area contributed by atoms with Gasteiger partial charge in [0.1, 0.15) is 8.07 Å². The van der Waals surface area contributed by atoms with Gasteiger partial charge >= 0.3 is 21.7 Å². The number of aryl methyl sites for hydroxylation is 1. The van der Waals surface area contributed by atoms with E-state index in [9.17, 15) is 0 Å². The smallest absolute Gasteiger partial charge is 0.358 e. The summed E-state index contributed by atoms with van der Waals surface area (Å²) in [6.45, 7) is 24.0. The molecule has 0 aliphatic heterocycles. The summed E-state index contributed by atoms with van der Waals surface area (Å²) in [5, 5.41) is 4.63. The van der Waals surface area contributed by atoms with E-state index in [0.29, 0.717) is 5.54 Å². The number of rotatable bonds is 5. The third-order valence-electron chi connectivity index (χ3n) is 7.60. The molecule has 1 radical (unpaired) electrons. The van der Waals surface area contributed by atoms with Gasteiger partial charge in [0.05, 0.1) is 8.07 Å². The molecule has 2 unspecified atom stereocenters. The molecule has 0 heterocycles. The molecular weight excluding hydrogens is 464 g/mol. The maximum Gasteiger partial charge on any atom is 3.00 e. The van der Waals surface area contributed by atoms with Crippen LogP contribution >= 0.6 is 0 Å². The number of hydrogen-bond donors (Lipinski definition) is 0. The van der Waals surface area contributed by atoms with Gasteiger partial charge < -0.3 is 14.9 Å². The van der Waals surface area contributed by atoms with E-state index in [1.165, 1.54) is 27.5 Å². The Morgan fingerprint density at radius 3 is 1.73 bits per heavy atom. The minimum Gasteiger partial charge on any atom is -0.358 e. The van der Waals surface area contributed by atoms with E-state index in [1.807, 2.05) is 0 Å². The van der Waals surface area contributed by atoms with E-state index in [4.69, 9.17) is 0 Å². The Morgan fingerprint density at radius 2 is 1.30 bits per heavy atom. The number of benzene rings is 2. The van der Waals surface area contributed by atoms with Crippen LogP contribution in [0.1, 0.15) is 47.1 Å². The van der Waals surface area contributed by atoms with Gasteiger partial charge in [0.25, 0.3) is 0 Å². The topological polar surface area (TPSA) is 0 Å². The van der Waals surface area contributed by atoms with Crippen molar-refractivity contribution in [2.45, 2.75) is 78.7 Å². The molecule has 1 aliphatic rings. The van der Waals surface area contributed by atoms with Gasteiger partial charge in [-0.2, -0.15) is 11.1 Å². The average molecular weight is 510 g/mol. The van der Waals surface area contributed by atoms with Gasteiger partial charge in [0.15, 0.2) is 0 Å². The fraction of sp³-hybridized carbons (Fsp3) is 0.400. The summed E-state index contributed by atoms with van der Waals surface area (Å²) in [4.78, 5) is 0. The van der Waals surface area contributed by atoms with E-state index < -0.39 is 16.1 Å². The molecule has 0 amide bonds. The molecule has 0 nitrogen and oxygen atoms in total. The van der Waals surface area contributed by atoms with E-state index in [1.54, 1.807) is 10.4 Å². The quantitative estimate of drug-likeness (QED) is 0.294. The zero-order valence-corrected chi connectivity index (χ0v) is 26.8. The Kier molecular flexibility index (Phi) is 10.9. The van der Waals surface area contributed by atoms with Gasteiger partial charge in [0.2, 0.25) is 0 Å². The maximum absolute atomic E-state index is 4.04. The molecule has 2 atom stereocenters. The summed E-state index contributed by atoms with van der Waals surface area (Å²) < 4.78 is 0. The van der Waals surface area contributed by atoms with Crippen LogP contribution in [-0.4, -0.2) is 16.1 Å². The van der Waals surface area contributed by atoms with Crippen LogP contribution in [0.15, 0.2) is 65.3 Å². The van der Waals surface area contributed by atoms with E-state index in [-0.39, 0.29) is 41.6 Å². The molecule has 0 fully saturated rings. The first-order chi connectivity index (χ1) is 13.9. The van der Waals surface area contributed by atoms with Crippen LogP contribution in [0.3, 0.4) is 0 Å². The van der Waals surface area contributed by atoms with Gasteiger partial charge in [-0.15, -0.1) is 6.92 Å². The zero-order chi connectivity index (χ0) is 22.5. The molecule has 0 N–H and O–H groups in total. The molecule has 3 heteroatoms. The first kappa shape index (κ1) is 32.1. The molecule has 2 aromatic rings. The largest absolute Gasteiger partial charge is 3.00 e. The van der Waals surface area contributed by atoms with Crippen molar-refractivity contribution in [3.05, 3.63) is 91.7 Å². The van der Waals surface area contributed by atoms with Crippen molar-refractivity contribution in [2.24, 2.45) is 0 Å². The van der Waals surface area contributed by atoms with Crippen LogP contribution < -0.4 is 15.6 Å². The van der Waals surface area contributed by atoms with Crippen molar-refractivity contribution >= 4 is 31.7 Å². The van der Waals surface area contributed by atoms with Crippen molar-refractivity contribution in [2.75, 3.05) is 0 Å². The monoisotopic (exact) mass is 509 g/mol. The molecule has 0 bridgehead atoms. The predicted octanol–water partition coefficient (Wildman–Crippen LogP) is 7.27. The van der Waals surface area contributed by atoms with Crippen molar-refractivity contribution in [1.82, 2.24) is 0 Å². The van der Waals surface area contributed by atoms with E-state index in [2.05, 4.69) is 123 Å². The average Bonchev–Trinajstić information content (AvgIpc) is 2.85. The normalized spacial score (nSPS) is 19.8. The van der Waals surface area contributed by atoms with Crippen LogP contribution in [0.2, 0.25) is 30.2 Å². The third-order valence-corrected chi connectivity index (χ3v) is 15.9. The second-order valence-electron chi connectivity index (χ2n) is 10.8. The second-order valence-corrected chi connectivity index (χ2v) is 20.8. The SMILES string of the molecule is CC1=[C-]C(C)([Si](c2ccccc2)(c2cc(C)cc([Si](C)(C)C)c2)C(C)C)C(C)=C1C.[CH3-].[CH3-].[Ti+3]. The molecule has 0 spiro atoms. The summed E-state index contributed by atoms with van der Waals surface area (Å²) >= 11 is 0. The molecule has 3 rings (SSSR count). The molecule has 177 valence electrons. The summed E-state index contributed by atoms with van der Waals surface area (Å²) in [5.41, 5.74) is 6.23. The zero-order valence-electron chi connectivity index (χ0n) is 23.2. The van der Waals surface area contributed by atoms with Crippen LogP contribution in [0, 0.1) is 27.9 Å². The standard InChI is InChI=1S/C28H39Si2.2CH3.Ti/c1-20(2)30(25-14-12-11-13-15-25,28(7)19-22(4)23(5)24(28)6)27-17-21(3)16-26(18-27)29(8,9)10;;;/h11-18,20H,1-10H3;2*1H3;/q3*-1;+3. The Balaban J connectivity index is 0.00000341. The minimum absolute atomic E-state index is 0. The molecule has 33 heavy (non-hydrogen) atoms. The van der Waals surface area contributed by atoms with Crippen LogP contribution in [0.5, 0.6) is 0 Å². The van der Waals surface area contributed by atoms with Gasteiger partial charge in [-0.25, -0.2) is 5.57 Å². The van der Waals surface area contributed by atoms with E-state index >= 15 is 0 Å². The Morgan fingerprint density at radius 1 is 0.788 bits per heavy atom. The van der Waals surface area contributed by atoms with Crippen molar-refractivity contribution < 1.29 is 21.7 Å². The van der Waals surface area contributed by atoms with E-state index in [0.717, 1.165) is 0 Å². The van der Waals surface area contributed by atoms with Gasteiger partial charge in [0, 0.05) is 0 Å². The summed E-state index contributed by atoms with van der Waals surface area (Å²) in [5.74, 6) is 0.